The van der Waals surface area contributed by atoms with Gasteiger partial charge in [-0.15, -0.1) is 11.8 Å². The largest absolute Gasteiger partial charge is 0.465 e. The minimum Gasteiger partial charge on any atom is -0.465 e. The molecule has 31 heavy (non-hydrogen) atoms. The van der Waals surface area contributed by atoms with Crippen LogP contribution in [-0.2, 0) is 19.1 Å². The summed E-state index contributed by atoms with van der Waals surface area (Å²) in [5.41, 5.74) is 1.02. The molecule has 1 heterocycles. The first-order valence-corrected chi connectivity index (χ1v) is 11.1. The number of ether oxygens (including phenoxy) is 2. The smallest absolute Gasteiger partial charge is 0.336 e. The third-order valence-corrected chi connectivity index (χ3v) is 6.93. The molecule has 1 aromatic carbocycles. The quantitative estimate of drug-likeness (QED) is 0.356. The fourth-order valence-electron chi connectivity index (χ4n) is 3.74. The summed E-state index contributed by atoms with van der Waals surface area (Å²) in [7, 11) is 0. The predicted octanol–water partition coefficient (Wildman–Crippen LogP) is 4.23. The van der Waals surface area contributed by atoms with E-state index in [4.69, 9.17) is 9.47 Å². The number of allylic oxidation sites excluding steroid dienone is 1. The molecule has 0 aromatic heterocycles. The van der Waals surface area contributed by atoms with Crippen molar-refractivity contribution in [3.05, 3.63) is 45.6 Å². The molecular weight excluding hydrogens is 420 g/mol. The third-order valence-electron chi connectivity index (χ3n) is 5.21. The third kappa shape index (κ3) is 5.20. The van der Waals surface area contributed by atoms with E-state index in [0.717, 1.165) is 0 Å². The lowest BCUT2D eigenvalue weighted by Crippen LogP contribution is -2.60. The Balaban J connectivity index is 2.53. The Bertz CT molecular complexity index is 867. The predicted molar refractivity (Wildman–Crippen MR) is 119 cm³/mol. The average Bonchev–Trinajstić information content (AvgIpc) is 2.68. The van der Waals surface area contributed by atoms with Gasteiger partial charge in [-0.3, -0.25) is 14.9 Å². The lowest BCUT2D eigenvalue weighted by molar-refractivity contribution is -0.384. The standard InChI is InChI=1S/C22H30N2O6S/c1-7-12-29-21(26)22(31-18-10-8-17(9-11-18)24(27)28)14(4)19(15(5)23-16(22)6)20(25)30-13(2)3/h8-11,13-14,16,23H,7,12H2,1-6H3. The first kappa shape index (κ1) is 24.7. The Morgan fingerprint density at radius 3 is 2.39 bits per heavy atom. The summed E-state index contributed by atoms with van der Waals surface area (Å²) in [6.07, 6.45) is 0.361. The molecule has 170 valence electrons. The van der Waals surface area contributed by atoms with E-state index < -0.39 is 27.5 Å². The highest BCUT2D eigenvalue weighted by molar-refractivity contribution is 8.01. The molecule has 2 rings (SSSR count). The van der Waals surface area contributed by atoms with Gasteiger partial charge < -0.3 is 14.8 Å². The summed E-state index contributed by atoms with van der Waals surface area (Å²) in [5, 5.41) is 14.3. The molecule has 0 spiro atoms. The minimum absolute atomic E-state index is 0.0354. The van der Waals surface area contributed by atoms with Crippen LogP contribution >= 0.6 is 11.8 Å². The maximum Gasteiger partial charge on any atom is 0.336 e. The zero-order valence-electron chi connectivity index (χ0n) is 18.8. The highest BCUT2D eigenvalue weighted by Crippen LogP contribution is 2.48. The van der Waals surface area contributed by atoms with Crippen molar-refractivity contribution < 1.29 is 24.0 Å². The van der Waals surface area contributed by atoms with Crippen molar-refractivity contribution in [3.63, 3.8) is 0 Å². The highest BCUT2D eigenvalue weighted by atomic mass is 32.2. The van der Waals surface area contributed by atoms with Gasteiger partial charge in [0.05, 0.1) is 23.2 Å². The lowest BCUT2D eigenvalue weighted by Gasteiger charge is -2.46. The van der Waals surface area contributed by atoms with E-state index >= 15 is 0 Å². The number of nitro benzene ring substituents is 1. The zero-order valence-corrected chi connectivity index (χ0v) is 19.6. The second kappa shape index (κ2) is 10.2. The second-order valence-corrected chi connectivity index (χ2v) is 9.21. The Kier molecular flexibility index (Phi) is 8.11. The molecule has 0 saturated carbocycles. The maximum atomic E-state index is 13.4. The summed E-state index contributed by atoms with van der Waals surface area (Å²) in [5.74, 6) is -1.44. The number of nitrogens with one attached hydrogen (secondary N) is 1. The van der Waals surface area contributed by atoms with Crippen LogP contribution in [0.15, 0.2) is 40.4 Å². The van der Waals surface area contributed by atoms with Gasteiger partial charge in [0.15, 0.2) is 0 Å². The molecule has 0 radical (unpaired) electrons. The average molecular weight is 451 g/mol. The molecule has 1 aliphatic heterocycles. The fraction of sp³-hybridized carbons (Fsp3) is 0.545. The number of hydrogen-bond acceptors (Lipinski definition) is 8. The Morgan fingerprint density at radius 2 is 1.87 bits per heavy atom. The van der Waals surface area contributed by atoms with Crippen LogP contribution in [0.25, 0.3) is 0 Å². The van der Waals surface area contributed by atoms with Crippen molar-refractivity contribution in [1.82, 2.24) is 5.32 Å². The summed E-state index contributed by atoms with van der Waals surface area (Å²) >= 11 is 1.25. The monoisotopic (exact) mass is 450 g/mol. The van der Waals surface area contributed by atoms with Gasteiger partial charge in [0.1, 0.15) is 4.75 Å². The molecule has 3 atom stereocenters. The summed E-state index contributed by atoms with van der Waals surface area (Å²) in [6, 6.07) is 5.63. The number of thioether (sulfide) groups is 1. The number of carbonyl (C=O) groups is 2. The summed E-state index contributed by atoms with van der Waals surface area (Å²) in [4.78, 5) is 37.5. The molecule has 0 saturated heterocycles. The molecule has 1 aliphatic rings. The van der Waals surface area contributed by atoms with E-state index in [1.165, 1.54) is 23.9 Å². The van der Waals surface area contributed by atoms with Crippen LogP contribution < -0.4 is 5.32 Å². The lowest BCUT2D eigenvalue weighted by atomic mass is 9.77. The molecule has 9 heteroatoms. The number of rotatable bonds is 8. The summed E-state index contributed by atoms with van der Waals surface area (Å²) in [6.45, 7) is 11.2. The Labute approximate surface area is 186 Å². The molecule has 0 bridgehead atoms. The van der Waals surface area contributed by atoms with E-state index in [-0.39, 0.29) is 24.4 Å². The van der Waals surface area contributed by atoms with Crippen molar-refractivity contribution in [2.45, 2.75) is 69.8 Å². The molecule has 3 unspecified atom stereocenters. The van der Waals surface area contributed by atoms with Gasteiger partial charge in [-0.1, -0.05) is 13.8 Å². The maximum absolute atomic E-state index is 13.4. The number of esters is 2. The fourth-order valence-corrected chi connectivity index (χ4v) is 5.08. The van der Waals surface area contributed by atoms with Crippen molar-refractivity contribution >= 4 is 29.4 Å². The van der Waals surface area contributed by atoms with Crippen LogP contribution in [0, 0.1) is 16.0 Å². The molecule has 0 amide bonds. The van der Waals surface area contributed by atoms with Gasteiger partial charge in [-0.2, -0.15) is 0 Å². The van der Waals surface area contributed by atoms with E-state index in [0.29, 0.717) is 22.6 Å². The van der Waals surface area contributed by atoms with Gasteiger partial charge in [0.2, 0.25) is 0 Å². The SMILES string of the molecule is CCCOC(=O)C1(Sc2ccc([N+](=O)[O-])cc2)C(C)NC(C)=C(C(=O)OC(C)C)C1C. The van der Waals surface area contributed by atoms with Crippen molar-refractivity contribution in [2.24, 2.45) is 5.92 Å². The highest BCUT2D eigenvalue weighted by Gasteiger charge is 2.56. The minimum atomic E-state index is -1.17. The molecule has 0 fully saturated rings. The number of benzene rings is 1. The van der Waals surface area contributed by atoms with Gasteiger partial charge >= 0.3 is 11.9 Å². The van der Waals surface area contributed by atoms with Gasteiger partial charge in [0, 0.05) is 34.7 Å². The van der Waals surface area contributed by atoms with E-state index in [1.807, 2.05) is 20.8 Å². The van der Waals surface area contributed by atoms with Crippen LogP contribution in [0.1, 0.15) is 48.0 Å². The Hall–Kier alpha value is -2.55. The van der Waals surface area contributed by atoms with Crippen LogP contribution in [0.2, 0.25) is 0 Å². The summed E-state index contributed by atoms with van der Waals surface area (Å²) < 4.78 is 9.84. The van der Waals surface area contributed by atoms with Crippen LogP contribution in [0.3, 0.4) is 0 Å². The number of carbonyl (C=O) groups excluding carboxylic acids is 2. The number of nitro groups is 1. The molecular formula is C22H30N2O6S. The van der Waals surface area contributed by atoms with Gasteiger partial charge in [-0.05, 0) is 46.2 Å². The molecule has 1 N–H and O–H groups in total. The van der Waals surface area contributed by atoms with Crippen LogP contribution in [0.4, 0.5) is 5.69 Å². The number of nitrogens with zero attached hydrogens (tertiary/aromatic N) is 1. The first-order valence-electron chi connectivity index (χ1n) is 10.3. The van der Waals surface area contributed by atoms with E-state index in [2.05, 4.69) is 5.32 Å². The van der Waals surface area contributed by atoms with E-state index in [9.17, 15) is 19.7 Å². The van der Waals surface area contributed by atoms with Gasteiger partial charge in [0.25, 0.3) is 5.69 Å². The van der Waals surface area contributed by atoms with Gasteiger partial charge in [-0.25, -0.2) is 4.79 Å². The molecule has 1 aromatic rings. The van der Waals surface area contributed by atoms with Crippen molar-refractivity contribution in [2.75, 3.05) is 6.61 Å². The number of non-ortho nitro benzene ring substituents is 1. The topological polar surface area (TPSA) is 108 Å². The zero-order chi connectivity index (χ0) is 23.3. The van der Waals surface area contributed by atoms with E-state index in [1.54, 1.807) is 32.9 Å². The van der Waals surface area contributed by atoms with Crippen LogP contribution in [0.5, 0.6) is 0 Å². The second-order valence-electron chi connectivity index (χ2n) is 7.86. The Morgan fingerprint density at radius 1 is 1.26 bits per heavy atom. The van der Waals surface area contributed by atoms with Crippen LogP contribution in [-0.4, -0.2) is 40.4 Å². The van der Waals surface area contributed by atoms with Crippen molar-refractivity contribution in [3.8, 4) is 0 Å². The molecule has 0 aliphatic carbocycles. The van der Waals surface area contributed by atoms with Crippen molar-refractivity contribution in [1.29, 1.82) is 0 Å². The molecule has 8 nitrogen and oxygen atoms in total. The number of hydrogen-bond donors (Lipinski definition) is 1. The first-order chi connectivity index (χ1) is 14.5. The normalized spacial score (nSPS) is 23.3.